The van der Waals surface area contributed by atoms with Crippen LogP contribution in [0.15, 0.2) is 60.7 Å². The van der Waals surface area contributed by atoms with Crippen molar-refractivity contribution in [3.8, 4) is 0 Å². The second-order valence-electron chi connectivity index (χ2n) is 8.87. The average molecular weight is 728 g/mol. The van der Waals surface area contributed by atoms with E-state index in [0.717, 1.165) is 25.1 Å². The Kier molecular flexibility index (Phi) is 9.88. The molecule has 0 spiro atoms. The topological polar surface area (TPSA) is 49.4 Å². The molecule has 0 heterocycles. The van der Waals surface area contributed by atoms with Crippen molar-refractivity contribution in [2.24, 2.45) is 0 Å². The van der Waals surface area contributed by atoms with E-state index in [0.29, 0.717) is 0 Å². The van der Waals surface area contributed by atoms with Crippen molar-refractivity contribution in [3.63, 3.8) is 0 Å². The Hall–Kier alpha value is -3.24. The summed E-state index contributed by atoms with van der Waals surface area (Å²) in [5, 5.41) is 2.17. The van der Waals surface area contributed by atoms with Crippen LogP contribution in [0, 0.1) is 9.39 Å². The average Bonchev–Trinajstić information content (AvgIpc) is 2.95. The number of amides is 2. The van der Waals surface area contributed by atoms with Crippen molar-refractivity contribution in [1.82, 2.24) is 0 Å². The van der Waals surface area contributed by atoms with Gasteiger partial charge in [-0.15, -0.1) is 0 Å². The van der Waals surface area contributed by atoms with E-state index in [2.05, 4.69) is 5.32 Å². The molecule has 1 N–H and O–H groups in total. The third kappa shape index (κ3) is 6.22. The van der Waals surface area contributed by atoms with Gasteiger partial charge in [-0.3, -0.25) is 0 Å². The zero-order valence-electron chi connectivity index (χ0n) is 21.8. The standard InChI is InChI=1S/C26H17B2F10IN2O2/c1-28-16-11-14(23(30,25(33,34)35)24(31,32)26(36,37)38)12-17(39-27)20(16)40-21(42)15-9-6-10-18(19(15)29)41(2)22(43)13-7-4-3-5-8-13/h3-12H,1-2H3,(H,40,42)/q-1/t23-/m1/s1. The summed E-state index contributed by atoms with van der Waals surface area (Å²) < 4.78 is 138. The third-order valence-electron chi connectivity index (χ3n) is 6.27. The normalized spacial score (nSPS) is 13.8. The number of rotatable bonds is 8. The molecule has 0 saturated heterocycles. The molecule has 0 unspecified atom stereocenters. The van der Waals surface area contributed by atoms with Crippen molar-refractivity contribution in [3.05, 3.63) is 86.7 Å². The van der Waals surface area contributed by atoms with E-state index >= 15 is 8.78 Å². The van der Waals surface area contributed by atoms with Crippen molar-refractivity contribution >= 4 is 41.6 Å². The maximum absolute atomic E-state index is 15.5. The van der Waals surface area contributed by atoms with Crippen LogP contribution in [-0.2, 0) is 5.67 Å². The molecule has 3 aromatic carbocycles. The Bertz CT molecular complexity index is 1500. The number of alkyl halides is 9. The Morgan fingerprint density at radius 1 is 0.884 bits per heavy atom. The van der Waals surface area contributed by atoms with Crippen LogP contribution in [0.25, 0.3) is 0 Å². The van der Waals surface area contributed by atoms with Crippen molar-refractivity contribution in [1.29, 1.82) is 0 Å². The molecule has 0 aliphatic carbocycles. The predicted molar refractivity (Wildman–Crippen MR) is 136 cm³/mol. The molecule has 3 aromatic rings. The molecule has 3 radical (unpaired) electrons. The fraction of sp³-hybridized carbons (Fsp3) is 0.231. The molecule has 0 bridgehead atoms. The Labute approximate surface area is 250 Å². The minimum absolute atomic E-state index is 0.0715. The molecule has 0 saturated carbocycles. The van der Waals surface area contributed by atoms with Crippen molar-refractivity contribution < 1.29 is 74.5 Å². The molecular weight excluding hydrogens is 711 g/mol. The number of hydrogen-bond acceptors (Lipinski definition) is 2. The zero-order valence-corrected chi connectivity index (χ0v) is 24.0. The van der Waals surface area contributed by atoms with Gasteiger partial charge in [0.05, 0.1) is 0 Å². The number of nitrogens with one attached hydrogen (secondary N) is 1. The molecule has 17 heteroatoms. The van der Waals surface area contributed by atoms with E-state index in [4.69, 9.17) is 5.70 Å². The first-order valence-electron chi connectivity index (χ1n) is 11.8. The van der Waals surface area contributed by atoms with Gasteiger partial charge < -0.3 is 0 Å². The Morgan fingerprint density at radius 2 is 1.49 bits per heavy atom. The van der Waals surface area contributed by atoms with Gasteiger partial charge in [-0.05, 0) is 0 Å². The number of anilines is 2. The summed E-state index contributed by atoms with van der Waals surface area (Å²) in [7, 11) is 2.14. The van der Waals surface area contributed by atoms with Crippen LogP contribution in [0.5, 0.6) is 0 Å². The van der Waals surface area contributed by atoms with Gasteiger partial charge >= 0.3 is 245 Å². The number of hydrogen-bond donors (Lipinski definition) is 1. The van der Waals surface area contributed by atoms with Gasteiger partial charge in [0.15, 0.2) is 0 Å². The molecule has 0 aliphatic heterocycles. The molecular formula is C26H17B2F10IN2O2-. The predicted octanol–water partition coefficient (Wildman–Crippen LogP) is 3.00. The quantitative estimate of drug-likeness (QED) is 0.221. The Morgan fingerprint density at radius 3 is 2.00 bits per heavy atom. The van der Waals surface area contributed by atoms with Crippen LogP contribution in [-0.4, -0.2) is 50.1 Å². The summed E-state index contributed by atoms with van der Waals surface area (Å²) in [4.78, 5) is 26.8. The zero-order chi connectivity index (χ0) is 32.5. The molecule has 0 aliphatic rings. The Balaban J connectivity index is 2.08. The second-order valence-corrected chi connectivity index (χ2v) is 10.7. The van der Waals surface area contributed by atoms with Gasteiger partial charge in [-0.1, -0.05) is 6.07 Å². The fourth-order valence-electron chi connectivity index (χ4n) is 4.01. The number of carbonyl (C=O) groups is 2. The molecule has 227 valence electrons. The summed E-state index contributed by atoms with van der Waals surface area (Å²) >= 11 is -2.01. The van der Waals surface area contributed by atoms with Gasteiger partial charge in [-0.2, -0.15) is 0 Å². The van der Waals surface area contributed by atoms with Crippen molar-refractivity contribution in [2.75, 3.05) is 17.3 Å². The minimum atomic E-state index is -6.93. The molecule has 43 heavy (non-hydrogen) atoms. The van der Waals surface area contributed by atoms with Crippen LogP contribution in [0.3, 0.4) is 0 Å². The summed E-state index contributed by atoms with van der Waals surface area (Å²) in [5.74, 6) is -9.98. The monoisotopic (exact) mass is 728 g/mol. The third-order valence-corrected chi connectivity index (χ3v) is 7.80. The summed E-state index contributed by atoms with van der Waals surface area (Å²) in [6.07, 6.45) is -13.7. The van der Waals surface area contributed by atoms with Crippen LogP contribution in [0.2, 0.25) is 6.82 Å². The van der Waals surface area contributed by atoms with E-state index in [1.807, 2.05) is 0 Å². The first kappa shape index (κ1) is 34.3. The van der Waals surface area contributed by atoms with Crippen molar-refractivity contribution in [2.45, 2.75) is 30.8 Å². The molecule has 2 amide bonds. The maximum atomic E-state index is 15.5. The van der Waals surface area contributed by atoms with Gasteiger partial charge in [-0.25, -0.2) is 0 Å². The van der Waals surface area contributed by atoms with Crippen LogP contribution in [0.1, 0.15) is 26.3 Å². The van der Waals surface area contributed by atoms with Crippen LogP contribution in [0.4, 0.5) is 55.3 Å². The molecule has 0 aromatic heterocycles. The van der Waals surface area contributed by atoms with Gasteiger partial charge in [0.1, 0.15) is 0 Å². The summed E-state index contributed by atoms with van der Waals surface area (Å²) in [5.41, 5.74) is -4.58. The van der Waals surface area contributed by atoms with E-state index in [1.165, 1.54) is 31.3 Å². The number of nitrogens with zero attached hydrogens (tertiary/aromatic N) is 1. The summed E-state index contributed by atoms with van der Waals surface area (Å²) in [6, 6.07) is 11.3. The fourth-order valence-corrected chi connectivity index (χ4v) is 5.28. The van der Waals surface area contributed by atoms with E-state index in [1.54, 1.807) is 18.2 Å². The molecule has 1 atom stereocenters. The van der Waals surface area contributed by atoms with Crippen LogP contribution >= 0.6 is 0 Å². The van der Waals surface area contributed by atoms with E-state index in [-0.39, 0.29) is 23.4 Å². The SMILES string of the molecule is [B][I-]c1cc([C@](F)(C(F)(F)F)C(F)(F)C(F)(F)F)cc([B]C)c1NC(=O)c1cccc(N(C)C(=O)c2ccccc2)c1F. The van der Waals surface area contributed by atoms with Gasteiger partial charge in [0.2, 0.25) is 0 Å². The van der Waals surface area contributed by atoms with E-state index in [9.17, 15) is 44.7 Å². The first-order chi connectivity index (χ1) is 19.8. The molecule has 4 nitrogen and oxygen atoms in total. The van der Waals surface area contributed by atoms with Gasteiger partial charge in [0, 0.05) is 0 Å². The van der Waals surface area contributed by atoms with Crippen LogP contribution < -0.4 is 36.7 Å². The molecule has 0 fully saturated rings. The summed E-state index contributed by atoms with van der Waals surface area (Å²) in [6.45, 7) is 1.12. The number of benzene rings is 3. The molecule has 3 rings (SSSR count). The first-order valence-corrected chi connectivity index (χ1v) is 14.1. The van der Waals surface area contributed by atoms with Gasteiger partial charge in [0.25, 0.3) is 0 Å². The second kappa shape index (κ2) is 12.4. The number of carbonyl (C=O) groups excluding carboxylic acids is 2. The van der Waals surface area contributed by atoms with E-state index < -0.39 is 88.4 Å². The number of halogens is 11.